The van der Waals surface area contributed by atoms with E-state index in [-0.39, 0.29) is 6.71 Å². The van der Waals surface area contributed by atoms with Crippen LogP contribution in [0.2, 0.25) is 0 Å². The third-order valence-electron chi connectivity index (χ3n) is 20.1. The topological polar surface area (TPSA) is 127 Å². The summed E-state index contributed by atoms with van der Waals surface area (Å²) in [7, 11) is 0. The van der Waals surface area contributed by atoms with Crippen molar-refractivity contribution in [2.45, 2.75) is 0 Å². The molecule has 494 valence electrons. The molecule has 0 bridgehead atoms. The van der Waals surface area contributed by atoms with Gasteiger partial charge in [-0.2, -0.15) is 0 Å². The summed E-state index contributed by atoms with van der Waals surface area (Å²) in [6.45, 7) is 0.0243. The Morgan fingerprint density at radius 1 is 0.198 bits per heavy atom. The van der Waals surface area contributed by atoms with Crippen LogP contribution in [0, 0.1) is 0 Å². The Labute approximate surface area is 611 Å². The number of nitrogens with zero attached hydrogens (tertiary/aromatic N) is 12. The van der Waals surface area contributed by atoms with Crippen molar-refractivity contribution in [2.75, 3.05) is 9.80 Å². The molecule has 20 rings (SSSR count). The van der Waals surface area contributed by atoms with Crippen LogP contribution in [0.4, 0.5) is 34.1 Å². The molecule has 0 saturated heterocycles. The van der Waals surface area contributed by atoms with Crippen LogP contribution in [-0.2, 0) is 0 Å². The normalized spacial score (nSPS) is 12.1. The van der Waals surface area contributed by atoms with Crippen molar-refractivity contribution in [3.05, 3.63) is 358 Å². The zero-order valence-electron chi connectivity index (χ0n) is 57.0. The number of aromatic nitrogens is 10. The Morgan fingerprint density at radius 2 is 0.538 bits per heavy atom. The van der Waals surface area contributed by atoms with E-state index < -0.39 is 0 Å². The standard InChI is InChI=1S/C93H59BN12/c1-7-28-60(29-8-1)85-95-86(61-30-9-2-10-31-61)98-91(97-85)68-52-54-78-73(58-68)72-44-19-22-47-77(72)106(78)79-55-53-69(92-99-87(62-32-11-3-12-33-62)96-88(100-92)63-34-13-4-14-35-63)59-74(79)93-102-89(64-36-15-5-16-37-64)101-90(103-93)67-40-25-38-65(56-67)66-39-26-43-71(57-66)105-81-49-24-21-46-76(81)94-75-45-20-23-48-80(75)104(70-41-17-6-18-42-70)82-50-27-51-83(105)84(82)94/h1-59H. The van der Waals surface area contributed by atoms with Gasteiger partial charge in [-0.15, -0.1) is 0 Å². The summed E-state index contributed by atoms with van der Waals surface area (Å²) >= 11 is 0. The summed E-state index contributed by atoms with van der Waals surface area (Å²) in [5.74, 6) is 4.78. The molecule has 0 fully saturated rings. The molecular formula is C93H59BN12. The van der Waals surface area contributed by atoms with Gasteiger partial charge in [0.1, 0.15) is 0 Å². The van der Waals surface area contributed by atoms with E-state index in [1.54, 1.807) is 0 Å². The highest BCUT2D eigenvalue weighted by Crippen LogP contribution is 2.46. The molecular weight excluding hydrogens is 1300 g/mol. The maximum absolute atomic E-state index is 5.64. The predicted molar refractivity (Wildman–Crippen MR) is 429 cm³/mol. The van der Waals surface area contributed by atoms with E-state index in [1.807, 2.05) is 140 Å². The third-order valence-corrected chi connectivity index (χ3v) is 20.1. The second-order valence-electron chi connectivity index (χ2n) is 26.5. The summed E-state index contributed by atoms with van der Waals surface area (Å²) < 4.78 is 2.31. The number of hydrogen-bond donors (Lipinski definition) is 0. The van der Waals surface area contributed by atoms with Crippen molar-refractivity contribution in [2.24, 2.45) is 0 Å². The fourth-order valence-electron chi connectivity index (χ4n) is 15.3. The third kappa shape index (κ3) is 10.8. The van der Waals surface area contributed by atoms with Crippen LogP contribution < -0.4 is 26.2 Å². The van der Waals surface area contributed by atoms with Crippen LogP contribution in [-0.4, -0.2) is 56.1 Å². The summed E-state index contributed by atoms with van der Waals surface area (Å²) in [5, 5.41) is 2.04. The maximum Gasteiger partial charge on any atom is 0.252 e. The van der Waals surface area contributed by atoms with Gasteiger partial charge in [-0.3, -0.25) is 0 Å². The summed E-state index contributed by atoms with van der Waals surface area (Å²) in [5.41, 5.74) is 22.9. The number of fused-ring (bicyclic) bond motifs is 7. The van der Waals surface area contributed by atoms with Gasteiger partial charge in [0.25, 0.3) is 6.71 Å². The van der Waals surface area contributed by atoms with E-state index in [9.17, 15) is 0 Å². The zero-order chi connectivity index (χ0) is 70.0. The van der Waals surface area contributed by atoms with Crippen molar-refractivity contribution < 1.29 is 0 Å². The smallest absolute Gasteiger partial charge is 0.252 e. The quantitative estimate of drug-likeness (QED) is 0.102. The molecule has 18 aromatic rings. The lowest BCUT2D eigenvalue weighted by Gasteiger charge is -2.44. The lowest BCUT2D eigenvalue weighted by molar-refractivity contribution is 1.06. The molecule has 0 saturated carbocycles. The van der Waals surface area contributed by atoms with Crippen molar-refractivity contribution in [3.63, 3.8) is 0 Å². The van der Waals surface area contributed by atoms with Crippen LogP contribution in [0.25, 0.3) is 141 Å². The first-order chi connectivity index (χ1) is 52.5. The molecule has 14 aromatic carbocycles. The Hall–Kier alpha value is -14.4. The molecule has 6 heterocycles. The molecule has 0 radical (unpaired) electrons. The Kier molecular flexibility index (Phi) is 15.0. The monoisotopic (exact) mass is 1350 g/mol. The molecule has 4 aromatic heterocycles. The second kappa shape index (κ2) is 25.9. The molecule has 106 heavy (non-hydrogen) atoms. The fourth-order valence-corrected chi connectivity index (χ4v) is 15.3. The van der Waals surface area contributed by atoms with Gasteiger partial charge in [-0.1, -0.05) is 261 Å². The SMILES string of the molecule is c1ccc(-c2nc(-c3ccccc3)nc(-c3ccc(-n4c5ccccc5c5cc(-c6nc(-c7ccccc7)nc(-c7ccccc7)n6)ccc54)c(-c4nc(-c5ccccc5)nc(-c5cccc(-c6cccc(N7c8ccccc8B8c9ccccc9N(c9ccccc9)c9cccc7c98)c6)c5)n4)c3)n2)cc1. The van der Waals surface area contributed by atoms with Crippen LogP contribution in [0.1, 0.15) is 0 Å². The van der Waals surface area contributed by atoms with Crippen LogP contribution in [0.5, 0.6) is 0 Å². The number of hydrogen-bond acceptors (Lipinski definition) is 11. The van der Waals surface area contributed by atoms with Crippen molar-refractivity contribution in [3.8, 4) is 119 Å². The minimum Gasteiger partial charge on any atom is -0.311 e. The highest BCUT2D eigenvalue weighted by molar-refractivity contribution is 7.00. The second-order valence-corrected chi connectivity index (χ2v) is 26.5. The van der Waals surface area contributed by atoms with E-state index in [1.165, 1.54) is 27.8 Å². The summed E-state index contributed by atoms with van der Waals surface area (Å²) in [6.07, 6.45) is 0. The minimum absolute atomic E-state index is 0.0243. The van der Waals surface area contributed by atoms with E-state index in [2.05, 4.69) is 233 Å². The largest absolute Gasteiger partial charge is 0.311 e. The molecule has 0 aliphatic carbocycles. The fraction of sp³-hybridized carbons (Fsp3) is 0. The number of rotatable bonds is 13. The van der Waals surface area contributed by atoms with Crippen LogP contribution >= 0.6 is 0 Å². The van der Waals surface area contributed by atoms with E-state index in [0.29, 0.717) is 52.4 Å². The molecule has 0 unspecified atom stereocenters. The average molecular weight is 1360 g/mol. The van der Waals surface area contributed by atoms with Crippen molar-refractivity contribution >= 4 is 79.0 Å². The highest BCUT2D eigenvalue weighted by Gasteiger charge is 2.43. The van der Waals surface area contributed by atoms with Gasteiger partial charge < -0.3 is 14.4 Å². The first kappa shape index (κ1) is 61.4. The predicted octanol–water partition coefficient (Wildman–Crippen LogP) is 20.1. The van der Waals surface area contributed by atoms with E-state index in [0.717, 1.165) is 111 Å². The number of benzene rings is 14. The average Bonchev–Trinajstić information content (AvgIpc) is 0.790. The first-order valence-electron chi connectivity index (χ1n) is 35.5. The van der Waals surface area contributed by atoms with Gasteiger partial charge in [0.05, 0.1) is 16.7 Å². The van der Waals surface area contributed by atoms with Crippen molar-refractivity contribution in [1.82, 2.24) is 49.4 Å². The molecule has 13 heteroatoms. The molecule has 0 spiro atoms. The Bertz CT molecular complexity index is 6310. The number of anilines is 6. The molecule has 0 amide bonds. The highest BCUT2D eigenvalue weighted by atomic mass is 15.2. The van der Waals surface area contributed by atoms with Gasteiger partial charge in [0, 0.05) is 95.0 Å². The lowest BCUT2D eigenvalue weighted by atomic mass is 9.33. The zero-order valence-corrected chi connectivity index (χ0v) is 57.0. The molecule has 2 aliphatic rings. The van der Waals surface area contributed by atoms with Gasteiger partial charge in [-0.05, 0) is 125 Å². The minimum atomic E-state index is 0.0243. The van der Waals surface area contributed by atoms with Crippen LogP contribution in [0.3, 0.4) is 0 Å². The summed E-state index contributed by atoms with van der Waals surface area (Å²) in [4.78, 5) is 52.5. The van der Waals surface area contributed by atoms with Gasteiger partial charge in [-0.25, -0.2) is 44.9 Å². The van der Waals surface area contributed by atoms with Crippen molar-refractivity contribution in [1.29, 1.82) is 0 Å². The van der Waals surface area contributed by atoms with Crippen LogP contribution in [0.15, 0.2) is 358 Å². The first-order valence-corrected chi connectivity index (χ1v) is 35.5. The maximum atomic E-state index is 5.64. The number of para-hydroxylation sites is 4. The van der Waals surface area contributed by atoms with E-state index in [4.69, 9.17) is 44.9 Å². The summed E-state index contributed by atoms with van der Waals surface area (Å²) in [6, 6.07) is 125. The molecule has 2 aliphatic heterocycles. The lowest BCUT2D eigenvalue weighted by Crippen LogP contribution is -2.61. The van der Waals surface area contributed by atoms with Gasteiger partial charge in [0.15, 0.2) is 52.4 Å². The molecule has 0 N–H and O–H groups in total. The Balaban J connectivity index is 0.758. The Morgan fingerprint density at radius 3 is 1.06 bits per heavy atom. The molecule has 12 nitrogen and oxygen atoms in total. The van der Waals surface area contributed by atoms with Gasteiger partial charge in [0.2, 0.25) is 0 Å². The van der Waals surface area contributed by atoms with E-state index >= 15 is 0 Å². The molecule has 0 atom stereocenters. The van der Waals surface area contributed by atoms with Gasteiger partial charge >= 0.3 is 0 Å².